The van der Waals surface area contributed by atoms with Gasteiger partial charge in [0.15, 0.2) is 0 Å². The van der Waals surface area contributed by atoms with Crippen LogP contribution in [0.2, 0.25) is 0 Å². The van der Waals surface area contributed by atoms with E-state index in [1.54, 1.807) is 7.11 Å². The van der Waals surface area contributed by atoms with Crippen molar-refractivity contribution in [3.63, 3.8) is 0 Å². The van der Waals surface area contributed by atoms with Gasteiger partial charge in [-0.05, 0) is 58.3 Å². The molecule has 15 heavy (non-hydrogen) atoms. The Labute approximate surface area is 108 Å². The highest BCUT2D eigenvalue weighted by Gasteiger charge is 2.11. The molecule has 0 bridgehead atoms. The van der Waals surface area contributed by atoms with Crippen LogP contribution < -0.4 is 5.73 Å². The first-order valence-corrected chi connectivity index (χ1v) is 6.79. The van der Waals surface area contributed by atoms with Gasteiger partial charge in [-0.25, -0.2) is 0 Å². The number of hydrogen-bond acceptors (Lipinski definition) is 2. The second-order valence-electron chi connectivity index (χ2n) is 3.93. The van der Waals surface area contributed by atoms with E-state index >= 15 is 0 Å². The minimum absolute atomic E-state index is 0.687. The van der Waals surface area contributed by atoms with Gasteiger partial charge >= 0.3 is 0 Å². The average molecular weight is 325 g/mol. The highest BCUT2D eigenvalue weighted by molar-refractivity contribution is 14.1. The van der Waals surface area contributed by atoms with Crippen molar-refractivity contribution in [1.82, 2.24) is 0 Å². The molecular weight excluding hydrogens is 301 g/mol. The zero-order chi connectivity index (χ0) is 11.7. The van der Waals surface area contributed by atoms with Crippen molar-refractivity contribution in [2.75, 3.05) is 20.3 Å². The molecule has 1 unspecified atom stereocenters. The van der Waals surface area contributed by atoms with Crippen LogP contribution >= 0.6 is 22.6 Å². The molecule has 0 saturated carbocycles. The van der Waals surface area contributed by atoms with Crippen LogP contribution in [0, 0.1) is 5.92 Å². The van der Waals surface area contributed by atoms with Crippen molar-refractivity contribution in [3.8, 4) is 0 Å². The lowest BCUT2D eigenvalue weighted by atomic mass is 9.97. The first-order chi connectivity index (χ1) is 7.17. The number of ether oxygens (including phenoxy) is 1. The largest absolute Gasteiger partial charge is 0.385 e. The van der Waals surface area contributed by atoms with Gasteiger partial charge in [0.2, 0.25) is 0 Å². The summed E-state index contributed by atoms with van der Waals surface area (Å²) in [7, 11) is 1.76. The SMILES string of the molecule is CCC(CCCCOC)/C(I)=C(/C)CN. The summed E-state index contributed by atoms with van der Waals surface area (Å²) < 4.78 is 6.52. The molecular formula is C12H24INO. The molecule has 0 rings (SSSR count). The smallest absolute Gasteiger partial charge is 0.0462 e. The molecule has 0 fully saturated rings. The molecule has 0 aliphatic heterocycles. The second kappa shape index (κ2) is 9.60. The van der Waals surface area contributed by atoms with Gasteiger partial charge in [0.25, 0.3) is 0 Å². The van der Waals surface area contributed by atoms with E-state index in [2.05, 4.69) is 36.4 Å². The van der Waals surface area contributed by atoms with Crippen LogP contribution in [0.15, 0.2) is 9.15 Å². The Morgan fingerprint density at radius 3 is 2.53 bits per heavy atom. The van der Waals surface area contributed by atoms with Crippen molar-refractivity contribution in [2.24, 2.45) is 11.7 Å². The van der Waals surface area contributed by atoms with E-state index < -0.39 is 0 Å². The molecule has 0 amide bonds. The number of nitrogens with two attached hydrogens (primary N) is 1. The van der Waals surface area contributed by atoms with E-state index in [0.717, 1.165) is 6.61 Å². The number of allylic oxidation sites excluding steroid dienone is 1. The van der Waals surface area contributed by atoms with Crippen molar-refractivity contribution >= 4 is 22.6 Å². The maximum absolute atomic E-state index is 5.66. The zero-order valence-corrected chi connectivity index (χ0v) is 12.3. The predicted octanol–water partition coefficient (Wildman–Crippen LogP) is 3.50. The Hall–Kier alpha value is 0.390. The van der Waals surface area contributed by atoms with Gasteiger partial charge < -0.3 is 10.5 Å². The third kappa shape index (κ3) is 6.53. The van der Waals surface area contributed by atoms with Gasteiger partial charge in [-0.2, -0.15) is 0 Å². The Morgan fingerprint density at radius 2 is 2.07 bits per heavy atom. The number of hydrogen-bond donors (Lipinski definition) is 1. The molecule has 0 aromatic heterocycles. The van der Waals surface area contributed by atoms with Crippen molar-refractivity contribution in [1.29, 1.82) is 0 Å². The molecule has 0 spiro atoms. The number of halogens is 1. The lowest BCUT2D eigenvalue weighted by Gasteiger charge is -2.16. The molecule has 0 aromatic carbocycles. The van der Waals surface area contributed by atoms with Gasteiger partial charge in [-0.3, -0.25) is 0 Å². The van der Waals surface area contributed by atoms with Crippen LogP contribution in [-0.2, 0) is 4.74 Å². The van der Waals surface area contributed by atoms with E-state index in [1.165, 1.54) is 34.8 Å². The molecule has 2 N–H and O–H groups in total. The summed E-state index contributed by atoms with van der Waals surface area (Å²) in [5, 5.41) is 0. The van der Waals surface area contributed by atoms with Crippen LogP contribution in [0.5, 0.6) is 0 Å². The zero-order valence-electron chi connectivity index (χ0n) is 10.2. The lowest BCUT2D eigenvalue weighted by molar-refractivity contribution is 0.191. The molecule has 90 valence electrons. The number of methoxy groups -OCH3 is 1. The summed E-state index contributed by atoms with van der Waals surface area (Å²) in [6, 6.07) is 0. The van der Waals surface area contributed by atoms with E-state index in [4.69, 9.17) is 10.5 Å². The maximum Gasteiger partial charge on any atom is 0.0462 e. The monoisotopic (exact) mass is 325 g/mol. The molecule has 3 heteroatoms. The first-order valence-electron chi connectivity index (χ1n) is 5.71. The average Bonchev–Trinajstić information content (AvgIpc) is 2.27. The van der Waals surface area contributed by atoms with Gasteiger partial charge in [0.1, 0.15) is 0 Å². The van der Waals surface area contributed by atoms with Crippen LogP contribution in [-0.4, -0.2) is 20.3 Å². The quantitative estimate of drug-likeness (QED) is 0.548. The predicted molar refractivity (Wildman–Crippen MR) is 75.3 cm³/mol. The topological polar surface area (TPSA) is 35.2 Å². The lowest BCUT2D eigenvalue weighted by Crippen LogP contribution is -2.07. The highest BCUT2D eigenvalue weighted by Crippen LogP contribution is 2.29. The summed E-state index contributed by atoms with van der Waals surface area (Å²) in [5.74, 6) is 0.700. The number of unbranched alkanes of at least 4 members (excludes halogenated alkanes) is 1. The van der Waals surface area contributed by atoms with Gasteiger partial charge in [-0.15, -0.1) is 0 Å². The van der Waals surface area contributed by atoms with Crippen molar-refractivity contribution < 1.29 is 4.74 Å². The molecule has 0 aliphatic rings. The standard InChI is InChI=1S/C12H24INO/c1-4-11(7-5-6-8-15-3)12(13)10(2)9-14/h11H,4-9,14H2,1-3H3/b12-10+. The summed E-state index contributed by atoms with van der Waals surface area (Å²) in [4.78, 5) is 0. The minimum atomic E-state index is 0.687. The van der Waals surface area contributed by atoms with Crippen LogP contribution in [0.1, 0.15) is 39.5 Å². The molecule has 0 aliphatic carbocycles. The first kappa shape index (κ1) is 15.4. The molecule has 1 atom stereocenters. The van der Waals surface area contributed by atoms with E-state index in [-0.39, 0.29) is 0 Å². The fourth-order valence-corrected chi connectivity index (χ4v) is 2.57. The van der Waals surface area contributed by atoms with Crippen LogP contribution in [0.3, 0.4) is 0 Å². The Kier molecular flexibility index (Phi) is 9.85. The van der Waals surface area contributed by atoms with Gasteiger partial charge in [0.05, 0.1) is 0 Å². The number of rotatable bonds is 8. The fourth-order valence-electron chi connectivity index (χ4n) is 1.59. The van der Waals surface area contributed by atoms with E-state index in [1.807, 2.05) is 0 Å². The summed E-state index contributed by atoms with van der Waals surface area (Å²) in [6.45, 7) is 5.96. The third-order valence-corrected chi connectivity index (χ3v) is 4.52. The van der Waals surface area contributed by atoms with Crippen molar-refractivity contribution in [3.05, 3.63) is 9.15 Å². The molecule has 0 heterocycles. The normalized spacial score (nSPS) is 15.0. The van der Waals surface area contributed by atoms with Gasteiger partial charge in [-0.1, -0.05) is 18.9 Å². The minimum Gasteiger partial charge on any atom is -0.385 e. The molecule has 0 saturated heterocycles. The summed E-state index contributed by atoms with van der Waals surface area (Å²) in [6.07, 6.45) is 4.88. The third-order valence-electron chi connectivity index (χ3n) is 2.72. The fraction of sp³-hybridized carbons (Fsp3) is 0.833. The van der Waals surface area contributed by atoms with Gasteiger partial charge in [0, 0.05) is 20.3 Å². The molecule has 0 aromatic rings. The summed E-state index contributed by atoms with van der Waals surface area (Å²) in [5.41, 5.74) is 7.00. The second-order valence-corrected chi connectivity index (χ2v) is 5.09. The molecule has 0 radical (unpaired) electrons. The molecule has 2 nitrogen and oxygen atoms in total. The highest BCUT2D eigenvalue weighted by atomic mass is 127. The Balaban J connectivity index is 4.02. The maximum atomic E-state index is 5.66. The van der Waals surface area contributed by atoms with Crippen LogP contribution in [0.25, 0.3) is 0 Å². The Bertz CT molecular complexity index is 192. The summed E-state index contributed by atoms with van der Waals surface area (Å²) >= 11 is 2.46. The van der Waals surface area contributed by atoms with E-state index in [9.17, 15) is 0 Å². The van der Waals surface area contributed by atoms with Crippen LogP contribution in [0.4, 0.5) is 0 Å². The van der Waals surface area contributed by atoms with E-state index in [0.29, 0.717) is 12.5 Å². The van der Waals surface area contributed by atoms with Crippen molar-refractivity contribution in [2.45, 2.75) is 39.5 Å². The Morgan fingerprint density at radius 1 is 1.40 bits per heavy atom.